The van der Waals surface area contributed by atoms with Crippen molar-refractivity contribution in [2.75, 3.05) is 38.0 Å². The monoisotopic (exact) mass is 467 g/mol. The van der Waals surface area contributed by atoms with Gasteiger partial charge in [-0.25, -0.2) is 9.18 Å². The summed E-state index contributed by atoms with van der Waals surface area (Å²) in [5.74, 6) is -0.515. The number of fused-ring (bicyclic) bond motifs is 1. The summed E-state index contributed by atoms with van der Waals surface area (Å²) < 4.78 is 16.5. The van der Waals surface area contributed by atoms with Gasteiger partial charge in [0.15, 0.2) is 0 Å². The van der Waals surface area contributed by atoms with Gasteiger partial charge in [-0.05, 0) is 42.8 Å². The van der Waals surface area contributed by atoms with Crippen LogP contribution in [0.3, 0.4) is 0 Å². The van der Waals surface area contributed by atoms with Gasteiger partial charge in [0.05, 0.1) is 17.6 Å². The number of nitrogens with one attached hydrogen (secondary N) is 1. The Kier molecular flexibility index (Phi) is 7.42. The molecular weight excluding hydrogens is 437 g/mol. The van der Waals surface area contributed by atoms with Gasteiger partial charge in [-0.1, -0.05) is 19.1 Å². The van der Waals surface area contributed by atoms with E-state index < -0.39 is 0 Å². The number of piperazine rings is 1. The van der Waals surface area contributed by atoms with Crippen molar-refractivity contribution in [1.29, 1.82) is 0 Å². The van der Waals surface area contributed by atoms with Crippen LogP contribution in [-0.2, 0) is 22.7 Å². The fraction of sp³-hybridized carbons (Fsp3) is 0.400. The molecule has 1 N–H and O–H groups in total. The molecule has 1 fully saturated rings. The first-order chi connectivity index (χ1) is 16.5. The molecule has 0 unspecified atom stereocenters. The van der Waals surface area contributed by atoms with Crippen LogP contribution in [-0.4, -0.2) is 63.5 Å². The number of aryl methyl sites for hydroxylation is 2. The molecule has 2 heterocycles. The van der Waals surface area contributed by atoms with Crippen molar-refractivity contribution in [2.24, 2.45) is 0 Å². The SMILES string of the molecule is CCCn1c(=O)n(CCC(=O)N2CCN(CC(=O)Nc3ccc(F)cc3)CC2)c2ccccc21. The highest BCUT2D eigenvalue weighted by atomic mass is 19.1. The van der Waals surface area contributed by atoms with Gasteiger partial charge in [0, 0.05) is 51.4 Å². The van der Waals surface area contributed by atoms with Crippen LogP contribution < -0.4 is 11.0 Å². The van der Waals surface area contributed by atoms with Gasteiger partial charge < -0.3 is 10.2 Å². The van der Waals surface area contributed by atoms with E-state index in [0.29, 0.717) is 45.0 Å². The first-order valence-electron chi connectivity index (χ1n) is 11.7. The molecule has 0 aliphatic carbocycles. The number of para-hydroxylation sites is 2. The number of carbonyl (C=O) groups excluding carboxylic acids is 2. The van der Waals surface area contributed by atoms with Crippen molar-refractivity contribution in [1.82, 2.24) is 18.9 Å². The second-order valence-corrected chi connectivity index (χ2v) is 8.54. The molecule has 0 bridgehead atoms. The smallest absolute Gasteiger partial charge is 0.329 e. The minimum atomic E-state index is -0.352. The Bertz CT molecular complexity index is 1210. The van der Waals surface area contributed by atoms with E-state index in [-0.39, 0.29) is 36.3 Å². The number of hydrogen-bond acceptors (Lipinski definition) is 4. The molecular formula is C25H30FN5O3. The number of carbonyl (C=O) groups is 2. The highest BCUT2D eigenvalue weighted by Gasteiger charge is 2.23. The largest absolute Gasteiger partial charge is 0.340 e. The fourth-order valence-corrected chi connectivity index (χ4v) is 4.39. The van der Waals surface area contributed by atoms with Crippen molar-refractivity contribution < 1.29 is 14.0 Å². The van der Waals surface area contributed by atoms with Gasteiger partial charge in [-0.15, -0.1) is 0 Å². The summed E-state index contributed by atoms with van der Waals surface area (Å²) in [6.07, 6.45) is 1.12. The second kappa shape index (κ2) is 10.6. The molecule has 8 nitrogen and oxygen atoms in total. The second-order valence-electron chi connectivity index (χ2n) is 8.54. The van der Waals surface area contributed by atoms with Crippen molar-refractivity contribution in [2.45, 2.75) is 32.9 Å². The summed E-state index contributed by atoms with van der Waals surface area (Å²) in [6, 6.07) is 13.3. The Hall–Kier alpha value is -3.46. The molecule has 0 atom stereocenters. The number of benzene rings is 2. The summed E-state index contributed by atoms with van der Waals surface area (Å²) >= 11 is 0. The van der Waals surface area contributed by atoms with E-state index >= 15 is 0 Å². The first kappa shape index (κ1) is 23.7. The molecule has 4 rings (SSSR count). The lowest BCUT2D eigenvalue weighted by atomic mass is 10.2. The molecule has 2 amide bonds. The average Bonchev–Trinajstić information content (AvgIpc) is 3.10. The first-order valence-corrected chi connectivity index (χ1v) is 11.7. The Balaban J connectivity index is 1.28. The quantitative estimate of drug-likeness (QED) is 0.552. The van der Waals surface area contributed by atoms with E-state index in [1.165, 1.54) is 24.3 Å². The summed E-state index contributed by atoms with van der Waals surface area (Å²) in [7, 11) is 0. The standard InChI is InChI=1S/C25H30FN5O3/c1-2-12-30-21-5-3-4-6-22(21)31(25(30)34)13-11-24(33)29-16-14-28(15-17-29)18-23(32)27-20-9-7-19(26)8-10-20/h3-10H,2,11-18H2,1H3,(H,27,32). The number of imidazole rings is 1. The molecule has 1 aliphatic heterocycles. The molecule has 34 heavy (non-hydrogen) atoms. The Morgan fingerprint density at radius 3 is 2.15 bits per heavy atom. The predicted molar refractivity (Wildman–Crippen MR) is 129 cm³/mol. The molecule has 0 radical (unpaired) electrons. The molecule has 1 saturated heterocycles. The van der Waals surface area contributed by atoms with Gasteiger partial charge in [-0.3, -0.25) is 23.6 Å². The highest BCUT2D eigenvalue weighted by molar-refractivity contribution is 5.92. The minimum Gasteiger partial charge on any atom is -0.340 e. The molecule has 0 saturated carbocycles. The zero-order valence-electron chi connectivity index (χ0n) is 19.4. The van der Waals surface area contributed by atoms with Crippen molar-refractivity contribution in [3.05, 3.63) is 64.8 Å². The van der Waals surface area contributed by atoms with E-state index in [1.54, 1.807) is 14.0 Å². The molecule has 1 aliphatic rings. The Labute approximate surface area is 197 Å². The van der Waals surface area contributed by atoms with E-state index in [2.05, 4.69) is 5.32 Å². The van der Waals surface area contributed by atoms with E-state index in [9.17, 15) is 18.8 Å². The van der Waals surface area contributed by atoms with Crippen LogP contribution >= 0.6 is 0 Å². The number of anilines is 1. The number of aromatic nitrogens is 2. The van der Waals surface area contributed by atoms with E-state index in [1.807, 2.05) is 36.1 Å². The van der Waals surface area contributed by atoms with Crippen molar-refractivity contribution in [3.63, 3.8) is 0 Å². The molecule has 1 aromatic heterocycles. The van der Waals surface area contributed by atoms with Crippen LogP contribution in [0.4, 0.5) is 10.1 Å². The van der Waals surface area contributed by atoms with Crippen LogP contribution in [0, 0.1) is 5.82 Å². The maximum absolute atomic E-state index is 13.0. The molecule has 0 spiro atoms. The zero-order valence-corrected chi connectivity index (χ0v) is 19.4. The number of amides is 2. The Morgan fingerprint density at radius 2 is 1.53 bits per heavy atom. The van der Waals surface area contributed by atoms with Gasteiger partial charge in [0.25, 0.3) is 0 Å². The van der Waals surface area contributed by atoms with E-state index in [0.717, 1.165) is 17.5 Å². The number of hydrogen-bond donors (Lipinski definition) is 1. The molecule has 9 heteroatoms. The number of halogens is 1. The van der Waals surface area contributed by atoms with Crippen LogP contribution in [0.15, 0.2) is 53.3 Å². The third-order valence-electron chi connectivity index (χ3n) is 6.14. The minimum absolute atomic E-state index is 0.00892. The van der Waals surface area contributed by atoms with E-state index in [4.69, 9.17) is 0 Å². The lowest BCUT2D eigenvalue weighted by molar-refractivity contribution is -0.133. The maximum Gasteiger partial charge on any atom is 0.329 e. The fourth-order valence-electron chi connectivity index (χ4n) is 4.39. The average molecular weight is 468 g/mol. The molecule has 180 valence electrons. The molecule has 2 aromatic carbocycles. The van der Waals surface area contributed by atoms with Gasteiger partial charge in [0.1, 0.15) is 5.82 Å². The predicted octanol–water partition coefficient (Wildman–Crippen LogP) is 2.53. The highest BCUT2D eigenvalue weighted by Crippen LogP contribution is 2.14. The Morgan fingerprint density at radius 1 is 0.912 bits per heavy atom. The van der Waals surface area contributed by atoms with Crippen LogP contribution in [0.25, 0.3) is 11.0 Å². The number of nitrogens with zero attached hydrogens (tertiary/aromatic N) is 4. The maximum atomic E-state index is 13.0. The van der Waals surface area contributed by atoms with Crippen molar-refractivity contribution >= 4 is 28.5 Å². The van der Waals surface area contributed by atoms with Gasteiger partial charge >= 0.3 is 5.69 Å². The zero-order chi connectivity index (χ0) is 24.1. The van der Waals surface area contributed by atoms with Crippen LogP contribution in [0.5, 0.6) is 0 Å². The lowest BCUT2D eigenvalue weighted by Gasteiger charge is -2.34. The third-order valence-corrected chi connectivity index (χ3v) is 6.14. The number of rotatable bonds is 8. The van der Waals surface area contributed by atoms with Crippen LogP contribution in [0.2, 0.25) is 0 Å². The van der Waals surface area contributed by atoms with Crippen LogP contribution in [0.1, 0.15) is 19.8 Å². The van der Waals surface area contributed by atoms with Gasteiger partial charge in [0.2, 0.25) is 11.8 Å². The lowest BCUT2D eigenvalue weighted by Crippen LogP contribution is -2.50. The third kappa shape index (κ3) is 5.36. The summed E-state index contributed by atoms with van der Waals surface area (Å²) in [5, 5.41) is 2.76. The topological polar surface area (TPSA) is 79.6 Å². The van der Waals surface area contributed by atoms with Crippen molar-refractivity contribution in [3.8, 4) is 0 Å². The summed E-state index contributed by atoms with van der Waals surface area (Å²) in [5.41, 5.74) is 2.23. The summed E-state index contributed by atoms with van der Waals surface area (Å²) in [6.45, 7) is 5.51. The normalized spacial score (nSPS) is 14.5. The summed E-state index contributed by atoms with van der Waals surface area (Å²) in [4.78, 5) is 41.8. The van der Waals surface area contributed by atoms with Gasteiger partial charge in [-0.2, -0.15) is 0 Å². The molecule has 3 aromatic rings.